The Hall–Kier alpha value is -0.610. The highest BCUT2D eigenvalue weighted by molar-refractivity contribution is 5.82. The summed E-state index contributed by atoms with van der Waals surface area (Å²) in [6, 6.07) is 0. The highest BCUT2D eigenvalue weighted by Crippen LogP contribution is 2.58. The molecule has 2 saturated carbocycles. The molecule has 0 aromatic carbocycles. The SMILES string of the molecule is O=C(NCCOCC1CC1)C1CC12CCNCC2. The minimum absolute atomic E-state index is 0.256. The monoisotopic (exact) mass is 252 g/mol. The predicted octanol–water partition coefficient (Wildman–Crippen LogP) is 0.919. The molecule has 1 amide bonds. The Morgan fingerprint density at radius 2 is 2.11 bits per heavy atom. The molecule has 0 bridgehead atoms. The average Bonchev–Trinajstić information content (AvgIpc) is 3.28. The number of amides is 1. The van der Waals surface area contributed by atoms with E-state index in [1.54, 1.807) is 0 Å². The molecule has 1 heterocycles. The van der Waals surface area contributed by atoms with Gasteiger partial charge in [-0.05, 0) is 56.5 Å². The molecule has 0 radical (unpaired) electrons. The van der Waals surface area contributed by atoms with Crippen molar-refractivity contribution in [1.29, 1.82) is 0 Å². The van der Waals surface area contributed by atoms with Crippen LogP contribution in [0, 0.1) is 17.3 Å². The number of hydrogen-bond acceptors (Lipinski definition) is 3. The Morgan fingerprint density at radius 1 is 1.33 bits per heavy atom. The standard InChI is InChI=1S/C14H24N2O2/c17-13(16-7-8-18-10-11-1-2-11)12-9-14(12)3-5-15-6-4-14/h11-12,15H,1-10H2,(H,16,17). The van der Waals surface area contributed by atoms with E-state index in [2.05, 4.69) is 10.6 Å². The minimum atomic E-state index is 0.256. The Bertz CT molecular complexity index is 309. The van der Waals surface area contributed by atoms with E-state index in [9.17, 15) is 4.79 Å². The van der Waals surface area contributed by atoms with Crippen LogP contribution in [0.25, 0.3) is 0 Å². The lowest BCUT2D eigenvalue weighted by Crippen LogP contribution is -2.34. The van der Waals surface area contributed by atoms with Gasteiger partial charge in [-0.2, -0.15) is 0 Å². The molecule has 1 atom stereocenters. The van der Waals surface area contributed by atoms with Crippen molar-refractivity contribution in [1.82, 2.24) is 10.6 Å². The molecular weight excluding hydrogens is 228 g/mol. The molecule has 2 aliphatic carbocycles. The molecule has 3 rings (SSSR count). The number of ether oxygens (including phenoxy) is 1. The summed E-state index contributed by atoms with van der Waals surface area (Å²) in [6.07, 6.45) is 6.09. The summed E-state index contributed by atoms with van der Waals surface area (Å²) < 4.78 is 5.52. The van der Waals surface area contributed by atoms with Gasteiger partial charge in [0, 0.05) is 19.1 Å². The van der Waals surface area contributed by atoms with E-state index in [1.165, 1.54) is 25.7 Å². The maximum Gasteiger partial charge on any atom is 0.223 e. The second-order valence-electron chi connectivity index (χ2n) is 6.18. The lowest BCUT2D eigenvalue weighted by Gasteiger charge is -2.23. The van der Waals surface area contributed by atoms with Crippen LogP contribution < -0.4 is 10.6 Å². The third-order valence-electron chi connectivity index (χ3n) is 4.70. The first-order valence-electron chi connectivity index (χ1n) is 7.36. The van der Waals surface area contributed by atoms with E-state index in [4.69, 9.17) is 4.74 Å². The van der Waals surface area contributed by atoms with Gasteiger partial charge < -0.3 is 15.4 Å². The van der Waals surface area contributed by atoms with Crippen LogP contribution >= 0.6 is 0 Å². The lowest BCUT2D eigenvalue weighted by molar-refractivity contribution is -0.123. The third kappa shape index (κ3) is 2.86. The van der Waals surface area contributed by atoms with Gasteiger partial charge in [-0.1, -0.05) is 0 Å². The van der Waals surface area contributed by atoms with Crippen LogP contribution in [-0.4, -0.2) is 38.8 Å². The van der Waals surface area contributed by atoms with Crippen molar-refractivity contribution in [3.63, 3.8) is 0 Å². The zero-order valence-corrected chi connectivity index (χ0v) is 11.0. The largest absolute Gasteiger partial charge is 0.379 e. The van der Waals surface area contributed by atoms with E-state index in [-0.39, 0.29) is 11.8 Å². The van der Waals surface area contributed by atoms with E-state index in [0.29, 0.717) is 18.6 Å². The molecule has 0 aromatic rings. The molecule has 1 aliphatic heterocycles. The summed E-state index contributed by atoms with van der Waals surface area (Å²) in [7, 11) is 0. The second kappa shape index (κ2) is 5.17. The Kier molecular flexibility index (Phi) is 3.57. The van der Waals surface area contributed by atoms with Gasteiger partial charge in [0.2, 0.25) is 5.91 Å². The van der Waals surface area contributed by atoms with Crippen molar-refractivity contribution in [2.24, 2.45) is 17.3 Å². The summed E-state index contributed by atoms with van der Waals surface area (Å²) in [6.45, 7) is 4.39. The molecular formula is C14H24N2O2. The highest BCUT2D eigenvalue weighted by atomic mass is 16.5. The van der Waals surface area contributed by atoms with Gasteiger partial charge in [-0.3, -0.25) is 4.79 Å². The molecule has 2 N–H and O–H groups in total. The summed E-state index contributed by atoms with van der Waals surface area (Å²) in [4.78, 5) is 12.0. The summed E-state index contributed by atoms with van der Waals surface area (Å²) >= 11 is 0. The van der Waals surface area contributed by atoms with Gasteiger partial charge in [0.15, 0.2) is 0 Å². The van der Waals surface area contributed by atoms with Crippen molar-refractivity contribution in [2.75, 3.05) is 32.8 Å². The van der Waals surface area contributed by atoms with Crippen LogP contribution in [0.1, 0.15) is 32.1 Å². The summed E-state index contributed by atoms with van der Waals surface area (Å²) in [5.41, 5.74) is 0.351. The van der Waals surface area contributed by atoms with Crippen LogP contribution in [0.3, 0.4) is 0 Å². The zero-order valence-electron chi connectivity index (χ0n) is 11.0. The van der Waals surface area contributed by atoms with Crippen molar-refractivity contribution >= 4 is 5.91 Å². The smallest absolute Gasteiger partial charge is 0.223 e. The van der Waals surface area contributed by atoms with Gasteiger partial charge in [-0.15, -0.1) is 0 Å². The van der Waals surface area contributed by atoms with Gasteiger partial charge in [0.05, 0.1) is 6.61 Å². The fourth-order valence-electron chi connectivity index (χ4n) is 3.10. The minimum Gasteiger partial charge on any atom is -0.379 e. The molecule has 4 nitrogen and oxygen atoms in total. The Morgan fingerprint density at radius 3 is 2.83 bits per heavy atom. The van der Waals surface area contributed by atoms with Crippen molar-refractivity contribution in [3.05, 3.63) is 0 Å². The van der Waals surface area contributed by atoms with Gasteiger partial charge in [-0.25, -0.2) is 0 Å². The number of carbonyl (C=O) groups is 1. The first kappa shape index (κ1) is 12.4. The van der Waals surface area contributed by atoms with Gasteiger partial charge in [0.1, 0.15) is 0 Å². The van der Waals surface area contributed by atoms with Crippen LogP contribution in [0.4, 0.5) is 0 Å². The van der Waals surface area contributed by atoms with Crippen LogP contribution in [0.5, 0.6) is 0 Å². The molecule has 1 unspecified atom stereocenters. The molecule has 3 aliphatic rings. The van der Waals surface area contributed by atoms with Crippen molar-refractivity contribution in [3.8, 4) is 0 Å². The Labute approximate surface area is 109 Å². The fourth-order valence-corrected chi connectivity index (χ4v) is 3.10. The van der Waals surface area contributed by atoms with Crippen molar-refractivity contribution < 1.29 is 9.53 Å². The highest BCUT2D eigenvalue weighted by Gasteiger charge is 2.57. The van der Waals surface area contributed by atoms with E-state index in [1.807, 2.05) is 0 Å². The number of piperidine rings is 1. The number of carbonyl (C=O) groups excluding carboxylic acids is 1. The summed E-state index contributed by atoms with van der Waals surface area (Å²) in [5.74, 6) is 1.34. The Balaban J connectivity index is 1.30. The third-order valence-corrected chi connectivity index (χ3v) is 4.70. The second-order valence-corrected chi connectivity index (χ2v) is 6.18. The number of rotatable bonds is 6. The van der Waals surface area contributed by atoms with E-state index in [0.717, 1.165) is 32.0 Å². The zero-order chi connectivity index (χ0) is 12.4. The first-order valence-corrected chi connectivity index (χ1v) is 7.36. The molecule has 3 fully saturated rings. The van der Waals surface area contributed by atoms with E-state index >= 15 is 0 Å². The predicted molar refractivity (Wildman–Crippen MR) is 69.2 cm³/mol. The molecule has 18 heavy (non-hydrogen) atoms. The molecule has 1 saturated heterocycles. The first-order chi connectivity index (χ1) is 8.80. The van der Waals surface area contributed by atoms with Gasteiger partial charge >= 0.3 is 0 Å². The lowest BCUT2D eigenvalue weighted by atomic mass is 9.92. The van der Waals surface area contributed by atoms with Crippen LogP contribution in [-0.2, 0) is 9.53 Å². The average molecular weight is 252 g/mol. The quantitative estimate of drug-likeness (QED) is 0.691. The maximum atomic E-state index is 12.0. The summed E-state index contributed by atoms with van der Waals surface area (Å²) in [5, 5.41) is 6.39. The maximum absolute atomic E-state index is 12.0. The molecule has 102 valence electrons. The van der Waals surface area contributed by atoms with Crippen molar-refractivity contribution in [2.45, 2.75) is 32.1 Å². The van der Waals surface area contributed by atoms with Crippen LogP contribution in [0.2, 0.25) is 0 Å². The van der Waals surface area contributed by atoms with E-state index < -0.39 is 0 Å². The molecule has 1 spiro atoms. The number of hydrogen-bond donors (Lipinski definition) is 2. The normalized spacial score (nSPS) is 29.2. The van der Waals surface area contributed by atoms with Gasteiger partial charge in [0.25, 0.3) is 0 Å². The number of nitrogens with one attached hydrogen (secondary N) is 2. The topological polar surface area (TPSA) is 50.4 Å². The van der Waals surface area contributed by atoms with Crippen LogP contribution in [0.15, 0.2) is 0 Å². The molecule has 0 aromatic heterocycles. The molecule has 4 heteroatoms. The fraction of sp³-hybridized carbons (Fsp3) is 0.929.